The van der Waals surface area contributed by atoms with Gasteiger partial charge in [0.2, 0.25) is 5.95 Å². The number of hydrogen-bond acceptors (Lipinski definition) is 7. The molecule has 1 amide bonds. The molecule has 0 radical (unpaired) electrons. The zero-order valence-electron chi connectivity index (χ0n) is 18.8. The Morgan fingerprint density at radius 1 is 1.25 bits per heavy atom. The van der Waals surface area contributed by atoms with E-state index in [2.05, 4.69) is 39.6 Å². The van der Waals surface area contributed by atoms with Crippen LogP contribution in [-0.4, -0.2) is 57.5 Å². The monoisotopic (exact) mass is 431 g/mol. The van der Waals surface area contributed by atoms with Gasteiger partial charge < -0.3 is 20.4 Å². The van der Waals surface area contributed by atoms with E-state index in [1.807, 2.05) is 43.1 Å². The summed E-state index contributed by atoms with van der Waals surface area (Å²) in [5.74, 6) is 1.34. The number of hydrogen-bond donors (Lipinski definition) is 2. The molecule has 5 rings (SSSR count). The molecular weight excluding hydrogens is 402 g/mol. The fraction of sp³-hybridized carbons (Fsp3) is 0.417. The van der Waals surface area contributed by atoms with E-state index in [1.54, 1.807) is 0 Å². The number of fused-ring (bicyclic) bond motifs is 2. The lowest BCUT2D eigenvalue weighted by Gasteiger charge is -2.32. The second-order valence-corrected chi connectivity index (χ2v) is 8.92. The van der Waals surface area contributed by atoms with E-state index in [1.165, 1.54) is 0 Å². The molecule has 2 aromatic heterocycles. The minimum absolute atomic E-state index is 0.0164. The first-order valence-corrected chi connectivity index (χ1v) is 11.3. The number of nitrogens with one attached hydrogen (secondary N) is 2. The molecule has 1 saturated heterocycles. The van der Waals surface area contributed by atoms with Gasteiger partial charge in [0, 0.05) is 55.4 Å². The molecule has 32 heavy (non-hydrogen) atoms. The molecule has 4 heterocycles. The summed E-state index contributed by atoms with van der Waals surface area (Å²) in [4.78, 5) is 31.3. The molecule has 2 aliphatic heterocycles. The number of aromatic nitrogens is 3. The van der Waals surface area contributed by atoms with Crippen LogP contribution in [0.3, 0.4) is 0 Å². The Hall–Kier alpha value is -3.26. The van der Waals surface area contributed by atoms with Gasteiger partial charge in [0.25, 0.3) is 5.91 Å². The third kappa shape index (κ3) is 3.86. The van der Waals surface area contributed by atoms with Gasteiger partial charge in [0.15, 0.2) is 0 Å². The Balaban J connectivity index is 1.47. The molecular formula is C24H29N7O. The SMILES string of the molecule is CC(C)N1Cc2c(NCc3cnc4ccccc4c3)nc(N3CCN[C@@H](C)C3)nc2C1=O. The minimum Gasteiger partial charge on any atom is -0.365 e. The molecule has 8 heteroatoms. The van der Waals surface area contributed by atoms with Gasteiger partial charge in [-0.3, -0.25) is 9.78 Å². The summed E-state index contributed by atoms with van der Waals surface area (Å²) in [6.45, 7) is 9.83. The quantitative estimate of drug-likeness (QED) is 0.642. The second kappa shape index (κ2) is 8.35. The van der Waals surface area contributed by atoms with Gasteiger partial charge in [0.1, 0.15) is 11.5 Å². The topological polar surface area (TPSA) is 86.3 Å². The third-order valence-corrected chi connectivity index (χ3v) is 6.17. The number of benzene rings is 1. The highest BCUT2D eigenvalue weighted by atomic mass is 16.2. The number of para-hydroxylation sites is 1. The van der Waals surface area contributed by atoms with Crippen LogP contribution in [0.5, 0.6) is 0 Å². The lowest BCUT2D eigenvalue weighted by atomic mass is 10.1. The molecule has 1 fully saturated rings. The summed E-state index contributed by atoms with van der Waals surface area (Å²) >= 11 is 0. The highest BCUT2D eigenvalue weighted by molar-refractivity contribution is 5.98. The minimum atomic E-state index is -0.0164. The van der Waals surface area contributed by atoms with Crippen LogP contribution in [0.2, 0.25) is 0 Å². The third-order valence-electron chi connectivity index (χ3n) is 6.17. The average molecular weight is 432 g/mol. The van der Waals surface area contributed by atoms with E-state index in [4.69, 9.17) is 9.97 Å². The van der Waals surface area contributed by atoms with E-state index in [9.17, 15) is 4.79 Å². The number of carbonyl (C=O) groups is 1. The Kier molecular flexibility index (Phi) is 5.38. The summed E-state index contributed by atoms with van der Waals surface area (Å²) in [7, 11) is 0. The molecule has 1 atom stereocenters. The molecule has 2 N–H and O–H groups in total. The van der Waals surface area contributed by atoms with Crippen molar-refractivity contribution in [2.45, 2.75) is 45.9 Å². The zero-order valence-corrected chi connectivity index (χ0v) is 18.8. The number of rotatable bonds is 5. The van der Waals surface area contributed by atoms with Crippen LogP contribution in [0.15, 0.2) is 36.5 Å². The van der Waals surface area contributed by atoms with Crippen molar-refractivity contribution >= 4 is 28.6 Å². The summed E-state index contributed by atoms with van der Waals surface area (Å²) in [5.41, 5.74) is 3.45. The Bertz CT molecular complexity index is 1160. The molecule has 8 nitrogen and oxygen atoms in total. The molecule has 1 aromatic carbocycles. The molecule has 0 spiro atoms. The predicted molar refractivity (Wildman–Crippen MR) is 126 cm³/mol. The van der Waals surface area contributed by atoms with Gasteiger partial charge in [-0.1, -0.05) is 18.2 Å². The van der Waals surface area contributed by atoms with Crippen LogP contribution in [0.25, 0.3) is 10.9 Å². The molecule has 0 aliphatic carbocycles. The van der Waals surface area contributed by atoms with Gasteiger partial charge in [-0.15, -0.1) is 0 Å². The number of piperazine rings is 1. The maximum absolute atomic E-state index is 13.1. The van der Waals surface area contributed by atoms with E-state index in [-0.39, 0.29) is 11.9 Å². The van der Waals surface area contributed by atoms with Gasteiger partial charge >= 0.3 is 0 Å². The van der Waals surface area contributed by atoms with Crippen molar-refractivity contribution in [2.75, 3.05) is 29.9 Å². The van der Waals surface area contributed by atoms with Gasteiger partial charge in [-0.05, 0) is 38.5 Å². The van der Waals surface area contributed by atoms with Crippen molar-refractivity contribution in [1.29, 1.82) is 0 Å². The lowest BCUT2D eigenvalue weighted by molar-refractivity contribution is 0.0726. The van der Waals surface area contributed by atoms with Crippen LogP contribution in [0.1, 0.15) is 42.4 Å². The molecule has 166 valence electrons. The van der Waals surface area contributed by atoms with E-state index in [0.29, 0.717) is 30.8 Å². The average Bonchev–Trinajstić information content (AvgIpc) is 3.14. The van der Waals surface area contributed by atoms with Crippen LogP contribution in [0, 0.1) is 0 Å². The van der Waals surface area contributed by atoms with Crippen LogP contribution in [0.4, 0.5) is 11.8 Å². The largest absolute Gasteiger partial charge is 0.365 e. The summed E-state index contributed by atoms with van der Waals surface area (Å²) < 4.78 is 0. The van der Waals surface area contributed by atoms with Crippen molar-refractivity contribution in [3.8, 4) is 0 Å². The highest BCUT2D eigenvalue weighted by Crippen LogP contribution is 2.31. The smallest absolute Gasteiger partial charge is 0.273 e. The lowest BCUT2D eigenvalue weighted by Crippen LogP contribution is -2.50. The number of amides is 1. The van der Waals surface area contributed by atoms with E-state index in [0.717, 1.165) is 47.5 Å². The van der Waals surface area contributed by atoms with Gasteiger partial charge in [-0.25, -0.2) is 4.98 Å². The number of anilines is 2. The summed E-state index contributed by atoms with van der Waals surface area (Å²) in [6.07, 6.45) is 1.89. The fourth-order valence-corrected chi connectivity index (χ4v) is 4.39. The maximum Gasteiger partial charge on any atom is 0.273 e. The van der Waals surface area contributed by atoms with Crippen LogP contribution < -0.4 is 15.5 Å². The molecule has 0 bridgehead atoms. The van der Waals surface area contributed by atoms with Crippen molar-refractivity contribution in [2.24, 2.45) is 0 Å². The molecule has 0 unspecified atom stereocenters. The number of carbonyl (C=O) groups excluding carboxylic acids is 1. The van der Waals surface area contributed by atoms with E-state index >= 15 is 0 Å². The second-order valence-electron chi connectivity index (χ2n) is 8.92. The standard InChI is InChI=1S/C24H29N7O/c1-15(2)31-14-19-21(23(31)32)28-24(30-9-8-25-16(3)13-30)29-22(19)27-12-17-10-18-6-4-5-7-20(18)26-11-17/h4-7,10-11,15-16,25H,8-9,12-14H2,1-3H3,(H,27,28,29)/t16-/m0/s1. The number of nitrogens with zero attached hydrogens (tertiary/aromatic N) is 5. The van der Waals surface area contributed by atoms with Gasteiger partial charge in [-0.2, -0.15) is 4.98 Å². The van der Waals surface area contributed by atoms with Crippen molar-refractivity contribution in [1.82, 2.24) is 25.2 Å². The van der Waals surface area contributed by atoms with Crippen LogP contribution in [-0.2, 0) is 13.1 Å². The van der Waals surface area contributed by atoms with E-state index < -0.39 is 0 Å². The normalized spacial score (nSPS) is 18.5. The van der Waals surface area contributed by atoms with Crippen molar-refractivity contribution in [3.63, 3.8) is 0 Å². The van der Waals surface area contributed by atoms with Crippen molar-refractivity contribution < 1.29 is 4.79 Å². The first-order valence-electron chi connectivity index (χ1n) is 11.3. The number of pyridine rings is 1. The molecule has 0 saturated carbocycles. The van der Waals surface area contributed by atoms with Crippen molar-refractivity contribution in [3.05, 3.63) is 53.3 Å². The Morgan fingerprint density at radius 2 is 2.09 bits per heavy atom. The first-order chi connectivity index (χ1) is 15.5. The Labute approximate surface area is 188 Å². The highest BCUT2D eigenvalue weighted by Gasteiger charge is 2.35. The first kappa shape index (κ1) is 20.6. The maximum atomic E-state index is 13.1. The Morgan fingerprint density at radius 3 is 2.91 bits per heavy atom. The summed E-state index contributed by atoms with van der Waals surface area (Å²) in [5, 5.41) is 8.04. The predicted octanol–water partition coefficient (Wildman–Crippen LogP) is 2.80. The summed E-state index contributed by atoms with van der Waals surface area (Å²) in [6, 6.07) is 10.7. The van der Waals surface area contributed by atoms with Gasteiger partial charge in [0.05, 0.1) is 12.1 Å². The molecule has 3 aromatic rings. The fourth-order valence-electron chi connectivity index (χ4n) is 4.39. The van der Waals surface area contributed by atoms with Crippen LogP contribution >= 0.6 is 0 Å². The zero-order chi connectivity index (χ0) is 22.2. The molecule has 2 aliphatic rings.